The number of anilines is 2. The molecule has 2 N–H and O–H groups in total. The molecule has 0 aliphatic rings. The van der Waals surface area contributed by atoms with Crippen LogP contribution in [0.4, 0.5) is 11.5 Å². The predicted molar refractivity (Wildman–Crippen MR) is 85.9 cm³/mol. The van der Waals surface area contributed by atoms with Crippen molar-refractivity contribution < 1.29 is 4.79 Å². The lowest BCUT2D eigenvalue weighted by Gasteiger charge is -2.12. The van der Waals surface area contributed by atoms with Gasteiger partial charge in [-0.05, 0) is 49.7 Å². The zero-order valence-electron chi connectivity index (χ0n) is 12.6. The standard InChI is InChI=1S/C17H18N4O/c1-3-12(2)19-17(22)13-7-9-14(10-8-13)20-16-6-4-5-15(11-18)21-16/h4-10,12H,3H2,1-2H3,(H,19,22)(H,20,21). The van der Waals surface area contributed by atoms with E-state index in [1.165, 1.54) is 0 Å². The molecule has 112 valence electrons. The Morgan fingerprint density at radius 2 is 2.00 bits per heavy atom. The fourth-order valence-corrected chi connectivity index (χ4v) is 1.83. The topological polar surface area (TPSA) is 77.8 Å². The number of benzene rings is 1. The van der Waals surface area contributed by atoms with Gasteiger partial charge in [-0.15, -0.1) is 0 Å². The van der Waals surface area contributed by atoms with Gasteiger partial charge in [-0.2, -0.15) is 5.26 Å². The molecule has 2 rings (SSSR count). The van der Waals surface area contributed by atoms with E-state index in [1.54, 1.807) is 30.3 Å². The number of pyridine rings is 1. The fraction of sp³-hybridized carbons (Fsp3) is 0.235. The van der Waals surface area contributed by atoms with Crippen molar-refractivity contribution in [1.29, 1.82) is 5.26 Å². The number of nitrogens with one attached hydrogen (secondary N) is 2. The van der Waals surface area contributed by atoms with E-state index in [4.69, 9.17) is 5.26 Å². The molecular weight excluding hydrogens is 276 g/mol. The maximum Gasteiger partial charge on any atom is 0.251 e. The number of nitriles is 1. The third-order valence-corrected chi connectivity index (χ3v) is 3.27. The van der Waals surface area contributed by atoms with Crippen LogP contribution in [0.2, 0.25) is 0 Å². The second-order valence-electron chi connectivity index (χ2n) is 5.00. The van der Waals surface area contributed by atoms with Gasteiger partial charge >= 0.3 is 0 Å². The number of amides is 1. The molecule has 2 aromatic rings. The predicted octanol–water partition coefficient (Wildman–Crippen LogP) is 3.23. The van der Waals surface area contributed by atoms with Crippen LogP contribution in [0, 0.1) is 11.3 Å². The van der Waals surface area contributed by atoms with Crippen LogP contribution in [0.1, 0.15) is 36.3 Å². The summed E-state index contributed by atoms with van der Waals surface area (Å²) in [5.74, 6) is 0.515. The van der Waals surface area contributed by atoms with Crippen LogP contribution >= 0.6 is 0 Å². The Bertz CT molecular complexity index is 689. The van der Waals surface area contributed by atoms with E-state index in [9.17, 15) is 4.79 Å². The maximum absolute atomic E-state index is 12.0. The van der Waals surface area contributed by atoms with Gasteiger partial charge in [0.05, 0.1) is 0 Å². The molecule has 0 bridgehead atoms. The third-order valence-electron chi connectivity index (χ3n) is 3.27. The van der Waals surface area contributed by atoms with Crippen LogP contribution < -0.4 is 10.6 Å². The highest BCUT2D eigenvalue weighted by Crippen LogP contribution is 2.15. The Morgan fingerprint density at radius 1 is 1.27 bits per heavy atom. The molecule has 0 radical (unpaired) electrons. The lowest BCUT2D eigenvalue weighted by molar-refractivity contribution is 0.0939. The molecule has 5 nitrogen and oxygen atoms in total. The van der Waals surface area contributed by atoms with Gasteiger partial charge in [0.1, 0.15) is 17.6 Å². The number of hydrogen-bond donors (Lipinski definition) is 2. The second kappa shape index (κ2) is 7.23. The summed E-state index contributed by atoms with van der Waals surface area (Å²) < 4.78 is 0. The van der Waals surface area contributed by atoms with Crippen molar-refractivity contribution >= 4 is 17.4 Å². The highest BCUT2D eigenvalue weighted by atomic mass is 16.1. The Labute approximate surface area is 130 Å². The molecule has 0 fully saturated rings. The first-order valence-electron chi connectivity index (χ1n) is 7.17. The summed E-state index contributed by atoms with van der Waals surface area (Å²) in [5.41, 5.74) is 1.78. The molecule has 1 heterocycles. The molecule has 1 unspecified atom stereocenters. The summed E-state index contributed by atoms with van der Waals surface area (Å²) in [7, 11) is 0. The highest BCUT2D eigenvalue weighted by Gasteiger charge is 2.08. The normalized spacial score (nSPS) is 11.3. The maximum atomic E-state index is 12.0. The average Bonchev–Trinajstić information content (AvgIpc) is 2.55. The van der Waals surface area contributed by atoms with Crippen LogP contribution in [-0.4, -0.2) is 16.9 Å². The van der Waals surface area contributed by atoms with E-state index < -0.39 is 0 Å². The zero-order valence-corrected chi connectivity index (χ0v) is 12.6. The van der Waals surface area contributed by atoms with Crippen LogP contribution in [0.15, 0.2) is 42.5 Å². The minimum atomic E-state index is -0.0782. The number of hydrogen-bond acceptors (Lipinski definition) is 4. The summed E-state index contributed by atoms with van der Waals surface area (Å²) in [6.07, 6.45) is 0.895. The largest absolute Gasteiger partial charge is 0.350 e. The third kappa shape index (κ3) is 4.06. The molecule has 1 aromatic carbocycles. The Hall–Kier alpha value is -2.87. The lowest BCUT2D eigenvalue weighted by atomic mass is 10.1. The van der Waals surface area contributed by atoms with Gasteiger partial charge in [0.25, 0.3) is 5.91 Å². The highest BCUT2D eigenvalue weighted by molar-refractivity contribution is 5.94. The lowest BCUT2D eigenvalue weighted by Crippen LogP contribution is -2.31. The van der Waals surface area contributed by atoms with Gasteiger partial charge in [0.2, 0.25) is 0 Å². The van der Waals surface area contributed by atoms with E-state index in [-0.39, 0.29) is 11.9 Å². The monoisotopic (exact) mass is 294 g/mol. The fourth-order valence-electron chi connectivity index (χ4n) is 1.83. The van der Waals surface area contributed by atoms with Gasteiger partial charge in [0.15, 0.2) is 0 Å². The van der Waals surface area contributed by atoms with Gasteiger partial charge in [-0.25, -0.2) is 4.98 Å². The molecule has 1 atom stereocenters. The Kier molecular flexibility index (Phi) is 5.10. The number of rotatable bonds is 5. The molecular formula is C17H18N4O. The molecule has 22 heavy (non-hydrogen) atoms. The van der Waals surface area contributed by atoms with Gasteiger partial charge in [0, 0.05) is 17.3 Å². The van der Waals surface area contributed by atoms with E-state index in [0.717, 1.165) is 12.1 Å². The first kappa shape index (κ1) is 15.5. The summed E-state index contributed by atoms with van der Waals surface area (Å²) >= 11 is 0. The quantitative estimate of drug-likeness (QED) is 0.887. The summed E-state index contributed by atoms with van der Waals surface area (Å²) in [6.45, 7) is 4.00. The van der Waals surface area contributed by atoms with Gasteiger partial charge < -0.3 is 10.6 Å². The van der Waals surface area contributed by atoms with Crippen LogP contribution in [-0.2, 0) is 0 Å². The molecule has 0 saturated heterocycles. The van der Waals surface area contributed by atoms with E-state index >= 15 is 0 Å². The number of nitrogens with zero attached hydrogens (tertiary/aromatic N) is 2. The van der Waals surface area contributed by atoms with Crippen molar-refractivity contribution in [1.82, 2.24) is 10.3 Å². The van der Waals surface area contributed by atoms with E-state index in [0.29, 0.717) is 17.1 Å². The molecule has 0 saturated carbocycles. The van der Waals surface area contributed by atoms with Gasteiger partial charge in [-0.3, -0.25) is 4.79 Å². The first-order valence-corrected chi connectivity index (χ1v) is 7.17. The summed E-state index contributed by atoms with van der Waals surface area (Å²) in [6, 6.07) is 14.5. The van der Waals surface area contributed by atoms with E-state index in [1.807, 2.05) is 32.0 Å². The SMILES string of the molecule is CCC(C)NC(=O)c1ccc(Nc2cccc(C#N)n2)cc1. The average molecular weight is 294 g/mol. The van der Waals surface area contributed by atoms with Crippen molar-refractivity contribution in [2.24, 2.45) is 0 Å². The summed E-state index contributed by atoms with van der Waals surface area (Å²) in [4.78, 5) is 16.1. The second-order valence-corrected chi connectivity index (χ2v) is 5.00. The molecule has 0 aliphatic heterocycles. The minimum Gasteiger partial charge on any atom is -0.350 e. The van der Waals surface area contributed by atoms with Crippen LogP contribution in [0.25, 0.3) is 0 Å². The minimum absolute atomic E-state index is 0.0782. The summed E-state index contributed by atoms with van der Waals surface area (Å²) in [5, 5.41) is 14.9. The number of carbonyl (C=O) groups is 1. The van der Waals surface area contributed by atoms with Crippen LogP contribution in [0.5, 0.6) is 0 Å². The van der Waals surface area contributed by atoms with Crippen molar-refractivity contribution in [2.75, 3.05) is 5.32 Å². The first-order chi connectivity index (χ1) is 10.6. The van der Waals surface area contributed by atoms with E-state index in [2.05, 4.69) is 15.6 Å². The number of aromatic nitrogens is 1. The van der Waals surface area contributed by atoms with Crippen LogP contribution in [0.3, 0.4) is 0 Å². The van der Waals surface area contributed by atoms with Gasteiger partial charge in [-0.1, -0.05) is 13.0 Å². The molecule has 1 amide bonds. The van der Waals surface area contributed by atoms with Crippen molar-refractivity contribution in [3.63, 3.8) is 0 Å². The molecule has 0 spiro atoms. The van der Waals surface area contributed by atoms with Crippen molar-refractivity contribution in [3.8, 4) is 6.07 Å². The van der Waals surface area contributed by atoms with Crippen molar-refractivity contribution in [2.45, 2.75) is 26.3 Å². The number of carbonyl (C=O) groups excluding carboxylic acids is 1. The van der Waals surface area contributed by atoms with Crippen molar-refractivity contribution in [3.05, 3.63) is 53.7 Å². The Balaban J connectivity index is 2.05. The zero-order chi connectivity index (χ0) is 15.9. The molecule has 1 aromatic heterocycles. The smallest absolute Gasteiger partial charge is 0.251 e. The molecule has 0 aliphatic carbocycles. The molecule has 5 heteroatoms. The Morgan fingerprint density at radius 3 is 2.64 bits per heavy atom.